The van der Waals surface area contributed by atoms with E-state index in [1.54, 1.807) is 13.2 Å². The normalized spacial score (nSPS) is 20.0. The van der Waals surface area contributed by atoms with Crippen molar-refractivity contribution < 1.29 is 9.53 Å². The second kappa shape index (κ2) is 9.32. The van der Waals surface area contributed by atoms with Crippen LogP contribution in [0.3, 0.4) is 0 Å². The molecule has 30 heavy (non-hydrogen) atoms. The van der Waals surface area contributed by atoms with E-state index in [1.807, 2.05) is 24.3 Å². The van der Waals surface area contributed by atoms with Crippen molar-refractivity contribution >= 4 is 11.7 Å². The first-order valence-electron chi connectivity index (χ1n) is 10.9. The third-order valence-electron chi connectivity index (χ3n) is 6.17. The average Bonchev–Trinajstić information content (AvgIpc) is 2.80. The van der Waals surface area contributed by atoms with E-state index in [2.05, 4.69) is 15.3 Å². The number of rotatable bonds is 5. The monoisotopic (exact) mass is 410 g/mol. The summed E-state index contributed by atoms with van der Waals surface area (Å²) in [6, 6.07) is 10.9. The van der Waals surface area contributed by atoms with Crippen molar-refractivity contribution in [2.24, 2.45) is 5.92 Å². The highest BCUT2D eigenvalue weighted by Gasteiger charge is 2.28. The first kappa shape index (κ1) is 20.4. The van der Waals surface area contributed by atoms with Crippen molar-refractivity contribution in [3.05, 3.63) is 46.8 Å². The van der Waals surface area contributed by atoms with Crippen LogP contribution < -0.4 is 20.5 Å². The lowest BCUT2D eigenvalue weighted by Crippen LogP contribution is -2.46. The Morgan fingerprint density at radius 1 is 1.03 bits per heavy atom. The minimum Gasteiger partial charge on any atom is -0.497 e. The molecule has 7 nitrogen and oxygen atoms in total. The largest absolute Gasteiger partial charge is 0.497 e. The lowest BCUT2D eigenvalue weighted by molar-refractivity contribution is -0.126. The van der Waals surface area contributed by atoms with Gasteiger partial charge in [0.2, 0.25) is 5.91 Å². The Morgan fingerprint density at radius 2 is 1.80 bits per heavy atom. The van der Waals surface area contributed by atoms with Gasteiger partial charge in [-0.05, 0) is 56.0 Å². The third-order valence-corrected chi connectivity index (χ3v) is 6.17. The van der Waals surface area contributed by atoms with Crippen LogP contribution in [0.25, 0.3) is 5.69 Å². The van der Waals surface area contributed by atoms with Crippen LogP contribution in [0.1, 0.15) is 44.9 Å². The van der Waals surface area contributed by atoms with Gasteiger partial charge in [-0.25, -0.2) is 0 Å². The molecule has 0 radical (unpaired) electrons. The Morgan fingerprint density at radius 3 is 2.53 bits per heavy atom. The molecule has 1 saturated carbocycles. The van der Waals surface area contributed by atoms with Crippen molar-refractivity contribution in [3.63, 3.8) is 0 Å². The topological polar surface area (TPSA) is 76.5 Å². The van der Waals surface area contributed by atoms with E-state index in [9.17, 15) is 9.59 Å². The first-order valence-corrected chi connectivity index (χ1v) is 10.9. The fourth-order valence-corrected chi connectivity index (χ4v) is 4.44. The van der Waals surface area contributed by atoms with Crippen LogP contribution in [0.2, 0.25) is 0 Å². The molecule has 1 N–H and O–H groups in total. The van der Waals surface area contributed by atoms with Crippen LogP contribution in [0.5, 0.6) is 5.75 Å². The lowest BCUT2D eigenvalue weighted by Gasteiger charge is -2.34. The number of aromatic nitrogens is 2. The maximum atomic E-state index is 12.8. The Balaban J connectivity index is 1.47. The number of nitrogens with zero attached hydrogens (tertiary/aromatic N) is 3. The molecule has 1 unspecified atom stereocenters. The van der Waals surface area contributed by atoms with Gasteiger partial charge < -0.3 is 15.0 Å². The summed E-state index contributed by atoms with van der Waals surface area (Å²) >= 11 is 0. The zero-order valence-electron chi connectivity index (χ0n) is 17.5. The number of anilines is 1. The molecule has 1 aromatic heterocycles. The van der Waals surface area contributed by atoms with Crippen LogP contribution in [0.15, 0.2) is 41.2 Å². The van der Waals surface area contributed by atoms with Gasteiger partial charge in [-0.2, -0.15) is 4.68 Å². The SMILES string of the molecule is COc1ccc(-n2nc(N3CCCC(C(=O)NC4CCCCC4)C3)ccc2=O)cc1. The molecule has 0 spiro atoms. The number of hydrogen-bond donors (Lipinski definition) is 1. The average molecular weight is 411 g/mol. The maximum Gasteiger partial charge on any atom is 0.271 e. The van der Waals surface area contributed by atoms with Gasteiger partial charge in [-0.3, -0.25) is 9.59 Å². The molecular formula is C23H30N4O3. The Kier molecular flexibility index (Phi) is 6.35. The third kappa shape index (κ3) is 4.66. The molecule has 160 valence electrons. The van der Waals surface area contributed by atoms with Gasteiger partial charge in [-0.1, -0.05) is 19.3 Å². The number of carbonyl (C=O) groups is 1. The molecule has 2 fully saturated rings. The van der Waals surface area contributed by atoms with E-state index in [4.69, 9.17) is 4.74 Å². The molecule has 1 atom stereocenters. The highest BCUT2D eigenvalue weighted by Crippen LogP contribution is 2.23. The number of nitrogens with one attached hydrogen (secondary N) is 1. The number of methoxy groups -OCH3 is 1. The predicted molar refractivity (Wildman–Crippen MR) is 116 cm³/mol. The summed E-state index contributed by atoms with van der Waals surface area (Å²) in [6.07, 6.45) is 7.71. The minimum atomic E-state index is -0.187. The van der Waals surface area contributed by atoms with Crippen molar-refractivity contribution in [1.29, 1.82) is 0 Å². The summed E-state index contributed by atoms with van der Waals surface area (Å²) in [4.78, 5) is 27.3. The van der Waals surface area contributed by atoms with Gasteiger partial charge in [0.1, 0.15) is 11.6 Å². The van der Waals surface area contributed by atoms with Crippen LogP contribution in [-0.4, -0.2) is 41.9 Å². The fourth-order valence-electron chi connectivity index (χ4n) is 4.44. The smallest absolute Gasteiger partial charge is 0.271 e. The van der Waals surface area contributed by atoms with E-state index >= 15 is 0 Å². The molecule has 1 saturated heterocycles. The van der Waals surface area contributed by atoms with E-state index < -0.39 is 0 Å². The van der Waals surface area contributed by atoms with Crippen molar-refractivity contribution in [2.75, 3.05) is 25.1 Å². The van der Waals surface area contributed by atoms with Gasteiger partial charge in [0.05, 0.1) is 18.7 Å². The number of ether oxygens (including phenoxy) is 1. The number of carbonyl (C=O) groups excluding carboxylic acids is 1. The first-order chi connectivity index (χ1) is 14.6. The Hall–Kier alpha value is -2.83. The molecule has 1 amide bonds. The molecule has 1 aromatic carbocycles. The van der Waals surface area contributed by atoms with Crippen LogP contribution in [-0.2, 0) is 4.79 Å². The summed E-state index contributed by atoms with van der Waals surface area (Å²) in [5.74, 6) is 1.57. The maximum absolute atomic E-state index is 12.8. The lowest BCUT2D eigenvalue weighted by atomic mass is 9.93. The van der Waals surface area contributed by atoms with Gasteiger partial charge in [-0.15, -0.1) is 5.10 Å². The highest BCUT2D eigenvalue weighted by molar-refractivity contribution is 5.79. The van der Waals surface area contributed by atoms with E-state index in [-0.39, 0.29) is 17.4 Å². The standard InChI is InChI=1S/C23H30N4O3/c1-30-20-11-9-19(10-12-20)27-22(28)14-13-21(25-27)26-15-5-6-17(16-26)23(29)24-18-7-3-2-4-8-18/h9-14,17-18H,2-8,15-16H2,1H3,(H,24,29). The van der Waals surface area contributed by atoms with E-state index in [0.717, 1.165) is 43.8 Å². The summed E-state index contributed by atoms with van der Waals surface area (Å²) in [5.41, 5.74) is 0.499. The van der Waals surface area contributed by atoms with Crippen molar-refractivity contribution in [3.8, 4) is 11.4 Å². The number of piperidine rings is 1. The molecule has 2 aromatic rings. The van der Waals surface area contributed by atoms with Crippen molar-refractivity contribution in [1.82, 2.24) is 15.1 Å². The number of amides is 1. The van der Waals surface area contributed by atoms with Gasteiger partial charge >= 0.3 is 0 Å². The molecule has 7 heteroatoms. The van der Waals surface area contributed by atoms with Crippen LogP contribution in [0.4, 0.5) is 5.82 Å². The molecule has 0 bridgehead atoms. The fraction of sp³-hybridized carbons (Fsp3) is 0.522. The molecular weight excluding hydrogens is 380 g/mol. The Bertz CT molecular complexity index is 919. The molecule has 2 heterocycles. The van der Waals surface area contributed by atoms with Crippen LogP contribution in [0, 0.1) is 5.92 Å². The second-order valence-corrected chi connectivity index (χ2v) is 8.27. The zero-order valence-corrected chi connectivity index (χ0v) is 17.5. The quantitative estimate of drug-likeness (QED) is 0.820. The van der Waals surface area contributed by atoms with Gasteiger partial charge in [0.15, 0.2) is 0 Å². The second-order valence-electron chi connectivity index (χ2n) is 8.27. The molecule has 2 aliphatic rings. The molecule has 1 aliphatic carbocycles. The summed E-state index contributed by atoms with van der Waals surface area (Å²) < 4.78 is 6.59. The molecule has 1 aliphatic heterocycles. The van der Waals surface area contributed by atoms with E-state index in [1.165, 1.54) is 30.0 Å². The van der Waals surface area contributed by atoms with Gasteiger partial charge in [0, 0.05) is 25.2 Å². The predicted octanol–water partition coefficient (Wildman–Crippen LogP) is 2.91. The van der Waals surface area contributed by atoms with Gasteiger partial charge in [0.25, 0.3) is 5.56 Å². The van der Waals surface area contributed by atoms with Crippen molar-refractivity contribution in [2.45, 2.75) is 51.0 Å². The Labute approximate surface area is 177 Å². The zero-order chi connectivity index (χ0) is 20.9. The minimum absolute atomic E-state index is 0.0381. The number of hydrogen-bond acceptors (Lipinski definition) is 5. The highest BCUT2D eigenvalue weighted by atomic mass is 16.5. The molecule has 4 rings (SSSR count). The summed E-state index contributed by atoms with van der Waals surface area (Å²) in [7, 11) is 1.61. The summed E-state index contributed by atoms with van der Waals surface area (Å²) in [6.45, 7) is 1.47. The van der Waals surface area contributed by atoms with E-state index in [0.29, 0.717) is 18.3 Å². The summed E-state index contributed by atoms with van der Waals surface area (Å²) in [5, 5.41) is 7.85. The number of benzene rings is 1. The van der Waals surface area contributed by atoms with Crippen LogP contribution >= 0.6 is 0 Å².